The van der Waals surface area contributed by atoms with Crippen molar-refractivity contribution in [3.05, 3.63) is 0 Å². The van der Waals surface area contributed by atoms with Crippen molar-refractivity contribution in [1.82, 2.24) is 5.48 Å². The zero-order valence-electron chi connectivity index (χ0n) is 12.2. The third-order valence-electron chi connectivity index (χ3n) is 5.66. The standard InChI is InChI=1S/C14H21NO5/c1-12(2)13(3)5-6-14(12,19-11(13)17)10(16)15-20-9-4-7-18-8-9/h9H,4-8H2,1-3H3,(H,15,16)/t9?,13-,14+/m0/s1. The summed E-state index contributed by atoms with van der Waals surface area (Å²) in [6.07, 6.45) is 1.84. The van der Waals surface area contributed by atoms with E-state index < -0.39 is 16.4 Å². The number of esters is 1. The third-order valence-corrected chi connectivity index (χ3v) is 5.66. The van der Waals surface area contributed by atoms with Crippen LogP contribution in [0.15, 0.2) is 0 Å². The molecule has 1 amide bonds. The summed E-state index contributed by atoms with van der Waals surface area (Å²) in [6, 6.07) is 0. The predicted octanol–water partition coefficient (Wildman–Crippen LogP) is 0.945. The maximum atomic E-state index is 12.5. The molecule has 2 bridgehead atoms. The van der Waals surface area contributed by atoms with Crippen molar-refractivity contribution in [3.63, 3.8) is 0 Å². The highest BCUT2D eigenvalue weighted by atomic mass is 16.7. The number of hydrogen-bond acceptors (Lipinski definition) is 5. The van der Waals surface area contributed by atoms with Gasteiger partial charge in [-0.25, -0.2) is 5.48 Å². The Bertz CT molecular complexity index is 456. The van der Waals surface area contributed by atoms with Gasteiger partial charge >= 0.3 is 5.97 Å². The number of nitrogens with one attached hydrogen (secondary N) is 1. The summed E-state index contributed by atoms with van der Waals surface area (Å²) in [4.78, 5) is 30.0. The van der Waals surface area contributed by atoms with Gasteiger partial charge < -0.3 is 9.47 Å². The van der Waals surface area contributed by atoms with Gasteiger partial charge in [-0.05, 0) is 19.8 Å². The largest absolute Gasteiger partial charge is 0.448 e. The zero-order valence-corrected chi connectivity index (χ0v) is 12.2. The Morgan fingerprint density at radius 2 is 2.10 bits per heavy atom. The fourth-order valence-corrected chi connectivity index (χ4v) is 3.57. The molecule has 0 aromatic heterocycles. The van der Waals surface area contributed by atoms with Crippen molar-refractivity contribution in [2.45, 2.75) is 51.7 Å². The first-order valence-corrected chi connectivity index (χ1v) is 7.11. The molecule has 1 N–H and O–H groups in total. The van der Waals surface area contributed by atoms with Crippen LogP contribution in [-0.4, -0.2) is 36.8 Å². The van der Waals surface area contributed by atoms with E-state index in [2.05, 4.69) is 5.48 Å². The Balaban J connectivity index is 1.75. The zero-order chi connectivity index (χ0) is 14.6. The second kappa shape index (κ2) is 4.18. The Hall–Kier alpha value is -1.14. The van der Waals surface area contributed by atoms with Crippen molar-refractivity contribution >= 4 is 11.9 Å². The maximum Gasteiger partial charge on any atom is 0.313 e. The van der Waals surface area contributed by atoms with Crippen molar-refractivity contribution in [2.75, 3.05) is 13.2 Å². The number of carbonyl (C=O) groups is 2. The van der Waals surface area contributed by atoms with E-state index in [1.165, 1.54) is 0 Å². The molecule has 6 heteroatoms. The Kier molecular flexibility index (Phi) is 2.89. The van der Waals surface area contributed by atoms with Crippen LogP contribution in [0.5, 0.6) is 0 Å². The predicted molar refractivity (Wildman–Crippen MR) is 68.4 cm³/mol. The van der Waals surface area contributed by atoms with E-state index in [1.54, 1.807) is 0 Å². The van der Waals surface area contributed by atoms with Crippen LogP contribution in [0.2, 0.25) is 0 Å². The Labute approximate surface area is 118 Å². The van der Waals surface area contributed by atoms with Crippen LogP contribution in [-0.2, 0) is 23.9 Å². The number of hydrogen-bond donors (Lipinski definition) is 1. The molecule has 3 aliphatic rings. The topological polar surface area (TPSA) is 73.9 Å². The molecule has 112 valence electrons. The molecule has 1 saturated carbocycles. The van der Waals surface area contributed by atoms with Crippen LogP contribution in [0, 0.1) is 10.8 Å². The number of rotatable bonds is 3. The molecule has 0 aromatic carbocycles. The van der Waals surface area contributed by atoms with Gasteiger partial charge in [-0.3, -0.25) is 14.4 Å². The molecule has 0 aromatic rings. The fraction of sp³-hybridized carbons (Fsp3) is 0.857. The van der Waals surface area contributed by atoms with E-state index in [1.807, 2.05) is 20.8 Å². The van der Waals surface area contributed by atoms with Gasteiger partial charge in [-0.2, -0.15) is 0 Å². The molecular weight excluding hydrogens is 262 g/mol. The minimum Gasteiger partial charge on any atom is -0.448 e. The normalized spacial score (nSPS) is 41.8. The van der Waals surface area contributed by atoms with Crippen LogP contribution in [0.4, 0.5) is 0 Å². The van der Waals surface area contributed by atoms with E-state index in [0.29, 0.717) is 26.1 Å². The van der Waals surface area contributed by atoms with E-state index in [9.17, 15) is 9.59 Å². The van der Waals surface area contributed by atoms with Gasteiger partial charge in [0.25, 0.3) is 5.91 Å². The fourth-order valence-electron chi connectivity index (χ4n) is 3.57. The van der Waals surface area contributed by atoms with Crippen LogP contribution in [0.1, 0.15) is 40.0 Å². The average molecular weight is 283 g/mol. The van der Waals surface area contributed by atoms with Gasteiger partial charge in [-0.15, -0.1) is 0 Å². The highest BCUT2D eigenvalue weighted by molar-refractivity contribution is 5.95. The summed E-state index contributed by atoms with van der Waals surface area (Å²) in [6.45, 7) is 6.84. The number of hydroxylamine groups is 1. The summed E-state index contributed by atoms with van der Waals surface area (Å²) < 4.78 is 10.7. The lowest BCUT2D eigenvalue weighted by Crippen LogP contribution is -2.54. The second-order valence-corrected chi connectivity index (χ2v) is 6.71. The molecule has 0 radical (unpaired) electrons. The molecule has 6 nitrogen and oxygen atoms in total. The first-order chi connectivity index (χ1) is 9.33. The van der Waals surface area contributed by atoms with Gasteiger partial charge in [0.2, 0.25) is 0 Å². The minimum atomic E-state index is -1.11. The summed E-state index contributed by atoms with van der Waals surface area (Å²) in [7, 11) is 0. The van der Waals surface area contributed by atoms with Crippen LogP contribution >= 0.6 is 0 Å². The molecule has 20 heavy (non-hydrogen) atoms. The second-order valence-electron chi connectivity index (χ2n) is 6.71. The Morgan fingerprint density at radius 1 is 1.35 bits per heavy atom. The number of fused-ring (bicyclic) bond motifs is 2. The summed E-state index contributed by atoms with van der Waals surface area (Å²) in [5, 5.41) is 0. The number of ether oxygens (including phenoxy) is 2. The molecule has 0 spiro atoms. The maximum absolute atomic E-state index is 12.5. The summed E-state index contributed by atoms with van der Waals surface area (Å²) >= 11 is 0. The van der Waals surface area contributed by atoms with Crippen LogP contribution in [0.25, 0.3) is 0 Å². The van der Waals surface area contributed by atoms with Crippen LogP contribution < -0.4 is 5.48 Å². The molecule has 3 fully saturated rings. The van der Waals surface area contributed by atoms with Gasteiger partial charge in [0.05, 0.1) is 12.0 Å². The van der Waals surface area contributed by atoms with Crippen molar-refractivity contribution < 1.29 is 23.9 Å². The summed E-state index contributed by atoms with van der Waals surface area (Å²) in [5.74, 6) is -0.642. The van der Waals surface area contributed by atoms with Gasteiger partial charge in [-0.1, -0.05) is 13.8 Å². The highest BCUT2D eigenvalue weighted by Crippen LogP contribution is 2.65. The van der Waals surface area contributed by atoms with E-state index in [-0.39, 0.29) is 18.0 Å². The molecule has 3 atom stereocenters. The Morgan fingerprint density at radius 3 is 2.60 bits per heavy atom. The van der Waals surface area contributed by atoms with Gasteiger partial charge in [0.15, 0.2) is 5.60 Å². The van der Waals surface area contributed by atoms with Gasteiger partial charge in [0, 0.05) is 18.4 Å². The lowest BCUT2D eigenvalue weighted by molar-refractivity contribution is -0.176. The van der Waals surface area contributed by atoms with Crippen molar-refractivity contribution in [3.8, 4) is 0 Å². The van der Waals surface area contributed by atoms with E-state index in [0.717, 1.165) is 6.42 Å². The molecule has 2 heterocycles. The molecule has 2 aliphatic heterocycles. The quantitative estimate of drug-likeness (QED) is 0.616. The molecular formula is C14H21NO5. The van der Waals surface area contributed by atoms with Crippen molar-refractivity contribution in [2.24, 2.45) is 10.8 Å². The minimum absolute atomic E-state index is 0.122. The first-order valence-electron chi connectivity index (χ1n) is 7.11. The molecule has 3 rings (SSSR count). The van der Waals surface area contributed by atoms with Gasteiger partial charge in [0.1, 0.15) is 6.10 Å². The number of amides is 1. The molecule has 1 unspecified atom stereocenters. The lowest BCUT2D eigenvalue weighted by Gasteiger charge is -2.35. The van der Waals surface area contributed by atoms with E-state index >= 15 is 0 Å². The molecule has 1 aliphatic carbocycles. The SMILES string of the molecule is CC1(C)[C@@]2(C)CC[C@]1(C(=O)NOC1CCOC1)OC2=O. The molecule has 2 saturated heterocycles. The number of carbonyl (C=O) groups excluding carboxylic acids is 2. The highest BCUT2D eigenvalue weighted by Gasteiger charge is 2.75. The monoisotopic (exact) mass is 283 g/mol. The first kappa shape index (κ1) is 13.8. The third kappa shape index (κ3) is 1.52. The average Bonchev–Trinajstić information content (AvgIpc) is 3.01. The van der Waals surface area contributed by atoms with Crippen molar-refractivity contribution in [1.29, 1.82) is 0 Å². The van der Waals surface area contributed by atoms with E-state index in [4.69, 9.17) is 14.3 Å². The lowest BCUT2D eigenvalue weighted by atomic mass is 9.66. The van der Waals surface area contributed by atoms with Crippen LogP contribution in [0.3, 0.4) is 0 Å². The smallest absolute Gasteiger partial charge is 0.313 e. The summed E-state index contributed by atoms with van der Waals surface area (Å²) in [5.41, 5.74) is 0.228.